The van der Waals surface area contributed by atoms with Crippen molar-refractivity contribution in [2.75, 3.05) is 39.9 Å². The Bertz CT molecular complexity index is 2430. The maximum atomic E-state index is 13.6. The van der Waals surface area contributed by atoms with Crippen LogP contribution in [0.1, 0.15) is 67.4 Å². The number of carbonyl (C=O) groups is 1. The quantitative estimate of drug-likeness (QED) is 0.0433. The molecule has 2 aromatic heterocycles. The van der Waals surface area contributed by atoms with Gasteiger partial charge in [0.15, 0.2) is 29.5 Å². The number of fused-ring (bicyclic) bond motifs is 1. The van der Waals surface area contributed by atoms with Crippen LogP contribution in [0.3, 0.4) is 0 Å². The van der Waals surface area contributed by atoms with Gasteiger partial charge in [-0.15, -0.1) is 0 Å². The number of ether oxygens (including phenoxy) is 5. The summed E-state index contributed by atoms with van der Waals surface area (Å²) in [5, 5.41) is 9.54. The van der Waals surface area contributed by atoms with Crippen LogP contribution in [0.15, 0.2) is 122 Å². The summed E-state index contributed by atoms with van der Waals surface area (Å²) in [5.41, 5.74) is 2.29. The van der Waals surface area contributed by atoms with E-state index in [-0.39, 0.29) is 31.0 Å². The van der Waals surface area contributed by atoms with Crippen LogP contribution in [0.5, 0.6) is 11.5 Å². The highest BCUT2D eigenvalue weighted by Crippen LogP contribution is 2.53. The molecule has 64 heavy (non-hydrogen) atoms. The van der Waals surface area contributed by atoms with E-state index in [4.69, 9.17) is 37.7 Å². The predicted molar refractivity (Wildman–Crippen MR) is 243 cm³/mol. The Morgan fingerprint density at radius 1 is 0.812 bits per heavy atom. The molecule has 1 amide bonds. The summed E-state index contributed by atoms with van der Waals surface area (Å²) >= 11 is 0. The van der Waals surface area contributed by atoms with Crippen LogP contribution in [0, 0.1) is 11.3 Å². The second-order valence-corrected chi connectivity index (χ2v) is 17.0. The van der Waals surface area contributed by atoms with Crippen molar-refractivity contribution in [3.8, 4) is 17.6 Å². The summed E-state index contributed by atoms with van der Waals surface area (Å²) in [6, 6.07) is 36.5. The van der Waals surface area contributed by atoms with Gasteiger partial charge in [-0.05, 0) is 80.8 Å². The van der Waals surface area contributed by atoms with Gasteiger partial charge in [0.1, 0.15) is 35.6 Å². The lowest BCUT2D eigenvalue weighted by atomic mass is 9.80. The maximum absolute atomic E-state index is 13.6. The average molecular weight is 888 g/mol. The Morgan fingerprint density at radius 3 is 1.94 bits per heavy atom. The monoisotopic (exact) mass is 887 g/mol. The number of rotatable bonds is 19. The van der Waals surface area contributed by atoms with E-state index in [0.717, 1.165) is 16.7 Å². The number of amides is 1. The minimum absolute atomic E-state index is 0.00279. The average Bonchev–Trinajstić information content (AvgIpc) is 3.91. The van der Waals surface area contributed by atoms with Crippen molar-refractivity contribution >= 4 is 31.4 Å². The number of imidazole rings is 1. The van der Waals surface area contributed by atoms with E-state index in [9.17, 15) is 10.1 Å². The van der Waals surface area contributed by atoms with E-state index < -0.39 is 38.9 Å². The molecule has 4 aromatic carbocycles. The third-order valence-corrected chi connectivity index (χ3v) is 13.1. The Labute approximate surface area is 375 Å². The molecule has 334 valence electrons. The van der Waals surface area contributed by atoms with Gasteiger partial charge in [-0.25, -0.2) is 19.6 Å². The van der Waals surface area contributed by atoms with Crippen molar-refractivity contribution in [1.29, 1.82) is 5.26 Å². The molecule has 1 unspecified atom stereocenters. The normalized spacial score (nSPS) is 18.1. The van der Waals surface area contributed by atoms with Crippen LogP contribution >= 0.6 is 8.53 Å². The molecule has 1 saturated heterocycles. The number of hydrogen-bond acceptors (Lipinski definition) is 13. The van der Waals surface area contributed by atoms with E-state index in [1.54, 1.807) is 51.4 Å². The van der Waals surface area contributed by atoms with Crippen LogP contribution in [-0.2, 0) is 28.9 Å². The van der Waals surface area contributed by atoms with E-state index in [1.165, 1.54) is 11.2 Å². The number of benzene rings is 4. The van der Waals surface area contributed by atoms with E-state index in [1.807, 2.05) is 97.1 Å². The topological polar surface area (TPSA) is 156 Å². The van der Waals surface area contributed by atoms with Gasteiger partial charge in [-0.1, -0.05) is 72.8 Å². The molecule has 5 atom stereocenters. The van der Waals surface area contributed by atoms with Crippen molar-refractivity contribution in [2.45, 2.75) is 76.5 Å². The number of aromatic nitrogens is 4. The molecule has 6 aromatic rings. The molecule has 0 saturated carbocycles. The predicted octanol–water partition coefficient (Wildman–Crippen LogP) is 8.66. The van der Waals surface area contributed by atoms with Crippen molar-refractivity contribution < 1.29 is 37.5 Å². The molecular formula is C48H54N7O8P. The van der Waals surface area contributed by atoms with Crippen LogP contribution in [-0.4, -0.2) is 95.7 Å². The van der Waals surface area contributed by atoms with Gasteiger partial charge in [0.25, 0.3) is 14.4 Å². The Kier molecular flexibility index (Phi) is 15.0. The van der Waals surface area contributed by atoms with Gasteiger partial charge in [0.2, 0.25) is 0 Å². The third-order valence-electron chi connectivity index (χ3n) is 11.0. The van der Waals surface area contributed by atoms with Crippen molar-refractivity contribution in [2.24, 2.45) is 0 Å². The summed E-state index contributed by atoms with van der Waals surface area (Å²) < 4.78 is 49.9. The zero-order valence-electron chi connectivity index (χ0n) is 37.3. The first-order valence-corrected chi connectivity index (χ1v) is 22.2. The second kappa shape index (κ2) is 20.8. The van der Waals surface area contributed by atoms with Gasteiger partial charge in [0.05, 0.1) is 39.6 Å². The minimum atomic E-state index is -1.84. The molecule has 0 N–H and O–H groups in total. The van der Waals surface area contributed by atoms with Crippen LogP contribution in [0.2, 0.25) is 0 Å². The lowest BCUT2D eigenvalue weighted by Gasteiger charge is -2.41. The number of nitriles is 1. The number of nitrogens with zero attached hydrogens (tertiary/aromatic N) is 7. The van der Waals surface area contributed by atoms with Gasteiger partial charge in [-0.2, -0.15) is 5.26 Å². The molecule has 1 aliphatic rings. The number of carbonyl (C=O) groups excluding carboxylic acids is 1. The number of methoxy groups -OCH3 is 3. The molecule has 15 nitrogen and oxygen atoms in total. The van der Waals surface area contributed by atoms with Crippen molar-refractivity contribution in [1.82, 2.24) is 24.2 Å². The van der Waals surface area contributed by atoms with Gasteiger partial charge >= 0.3 is 0 Å². The lowest BCUT2D eigenvalue weighted by molar-refractivity contribution is -0.213. The third kappa shape index (κ3) is 9.36. The summed E-state index contributed by atoms with van der Waals surface area (Å²) in [6.45, 7) is 8.44. The van der Waals surface area contributed by atoms with Gasteiger partial charge in [0, 0.05) is 31.8 Å². The standard InChI is InChI=1S/C48H54N7O8P/c1-32(2)55(33(3)4)64(60-29-15-28-49)63-42-41(59-8)46(54-31-52-40-43(50-30-51-44(40)54)53(5)45(56)34-16-11-9-12-17-34)61-47(42)62-48(35-18-13-10-14-19-35,36-20-24-38(57-6)25-21-36)37-22-26-39(58-7)27-23-37/h9-14,16-27,30-33,41-42,46-47H,15,29H2,1-8H3/t41-,42+,46-,47-,64?/m1/s1. The van der Waals surface area contributed by atoms with Crippen LogP contribution < -0.4 is 14.4 Å². The Balaban J connectivity index is 1.40. The molecule has 0 bridgehead atoms. The van der Waals surface area contributed by atoms with Crippen molar-refractivity contribution in [3.05, 3.63) is 144 Å². The highest BCUT2D eigenvalue weighted by atomic mass is 31.2. The van der Waals surface area contributed by atoms with E-state index in [2.05, 4.69) is 48.4 Å². The first-order chi connectivity index (χ1) is 31.1. The smallest absolute Gasteiger partial charge is 0.259 e. The largest absolute Gasteiger partial charge is 0.497 e. The number of hydrogen-bond donors (Lipinski definition) is 0. The molecule has 1 fully saturated rings. The Hall–Kier alpha value is -5.82. The first kappa shape index (κ1) is 46.2. The molecule has 16 heteroatoms. The van der Waals surface area contributed by atoms with Crippen LogP contribution in [0.25, 0.3) is 11.2 Å². The highest BCUT2D eigenvalue weighted by molar-refractivity contribution is 7.44. The zero-order chi connectivity index (χ0) is 45.4. The van der Waals surface area contributed by atoms with Crippen LogP contribution in [0.4, 0.5) is 5.82 Å². The second-order valence-electron chi connectivity index (χ2n) is 15.6. The summed E-state index contributed by atoms with van der Waals surface area (Å²) in [5.74, 6) is 1.39. The summed E-state index contributed by atoms with van der Waals surface area (Å²) in [7, 11) is 4.65. The first-order valence-electron chi connectivity index (χ1n) is 21.0. The summed E-state index contributed by atoms with van der Waals surface area (Å²) in [4.78, 5) is 29.0. The van der Waals surface area contributed by atoms with Gasteiger partial charge < -0.3 is 32.7 Å². The maximum Gasteiger partial charge on any atom is 0.259 e. The molecular weight excluding hydrogens is 834 g/mol. The minimum Gasteiger partial charge on any atom is -0.497 e. The molecule has 0 spiro atoms. The number of anilines is 1. The molecule has 3 heterocycles. The zero-order valence-corrected chi connectivity index (χ0v) is 38.2. The molecule has 0 aliphatic carbocycles. The van der Waals surface area contributed by atoms with Gasteiger partial charge in [-0.3, -0.25) is 14.3 Å². The molecule has 7 rings (SSSR count). The lowest BCUT2D eigenvalue weighted by Crippen LogP contribution is -2.44. The summed E-state index contributed by atoms with van der Waals surface area (Å²) in [6.07, 6.45) is -0.753. The van der Waals surface area contributed by atoms with E-state index >= 15 is 0 Å². The fourth-order valence-corrected chi connectivity index (χ4v) is 9.76. The Morgan fingerprint density at radius 2 is 1.39 bits per heavy atom. The highest BCUT2D eigenvalue weighted by Gasteiger charge is 2.54. The molecule has 0 radical (unpaired) electrons. The van der Waals surface area contributed by atoms with Crippen molar-refractivity contribution in [3.63, 3.8) is 0 Å². The molecule has 1 aliphatic heterocycles. The SMILES string of the molecule is COc1ccc(C(O[C@H]2O[C@@H](n3cnc4c(N(C)C(=O)c5ccccc5)ncnc43)[C@H](OC)[C@@H]2OP(OCCC#N)N(C(C)C)C(C)C)(c2ccccc2)c2ccc(OC)cc2)cc1. The fraction of sp³-hybridized carbons (Fsp3) is 0.354. The fourth-order valence-electron chi connectivity index (χ4n) is 8.03. The van der Waals surface area contributed by atoms with E-state index in [0.29, 0.717) is 34.0 Å².